The summed E-state index contributed by atoms with van der Waals surface area (Å²) < 4.78 is 1.36. The molecule has 0 saturated heterocycles. The smallest absolute Gasteiger partial charge is 0.301 e. The van der Waals surface area contributed by atoms with E-state index >= 15 is 0 Å². The first-order valence-electron chi connectivity index (χ1n) is 9.26. The molecule has 0 radical (unpaired) electrons. The van der Waals surface area contributed by atoms with Gasteiger partial charge in [-0.3, -0.25) is 9.78 Å². The second-order valence-electron chi connectivity index (χ2n) is 6.64. The maximum absolute atomic E-state index is 11.9. The van der Waals surface area contributed by atoms with E-state index in [4.69, 9.17) is 28.9 Å². The number of aromatic nitrogens is 8. The Labute approximate surface area is 194 Å². The van der Waals surface area contributed by atoms with Crippen molar-refractivity contribution in [3.05, 3.63) is 64.5 Å². The van der Waals surface area contributed by atoms with Gasteiger partial charge in [-0.1, -0.05) is 29.3 Å². The molecule has 4 heterocycles. The first-order valence-corrected chi connectivity index (χ1v) is 10.0. The number of carbonyl (C=O) groups excluding carboxylic acids is 1. The quantitative estimate of drug-likeness (QED) is 0.341. The maximum Gasteiger partial charge on any atom is 0.301 e. The highest BCUT2D eigenvalue weighted by molar-refractivity contribution is 6.37. The predicted molar refractivity (Wildman–Crippen MR) is 119 cm³/mol. The summed E-state index contributed by atoms with van der Waals surface area (Å²) in [6, 6.07) is 9.56. The van der Waals surface area contributed by atoms with E-state index in [9.17, 15) is 9.90 Å². The van der Waals surface area contributed by atoms with Crippen LogP contribution in [0, 0.1) is 0 Å². The molecule has 0 bridgehead atoms. The average Bonchev–Trinajstić information content (AvgIpc) is 3.40. The zero-order valence-electron chi connectivity index (χ0n) is 16.4. The zero-order valence-corrected chi connectivity index (χ0v) is 17.9. The molecule has 14 heteroatoms. The third-order valence-corrected chi connectivity index (χ3v) is 5.15. The van der Waals surface area contributed by atoms with Crippen LogP contribution in [0.4, 0.5) is 11.5 Å². The lowest BCUT2D eigenvalue weighted by Crippen LogP contribution is -2.14. The minimum Gasteiger partial charge on any atom is -0.480 e. The fourth-order valence-corrected chi connectivity index (χ4v) is 3.62. The van der Waals surface area contributed by atoms with Crippen LogP contribution in [-0.2, 0) is 0 Å². The topological polar surface area (TPSA) is 162 Å². The fourth-order valence-electron chi connectivity index (χ4n) is 3.07. The van der Waals surface area contributed by atoms with Crippen LogP contribution in [0.15, 0.2) is 48.8 Å². The van der Waals surface area contributed by atoms with E-state index in [1.165, 1.54) is 16.8 Å². The molecule has 4 N–H and O–H groups in total. The molecule has 33 heavy (non-hydrogen) atoms. The van der Waals surface area contributed by atoms with Gasteiger partial charge in [0.25, 0.3) is 5.91 Å². The van der Waals surface area contributed by atoms with E-state index in [0.717, 1.165) is 4.80 Å². The SMILES string of the molecule is NC(=O)c1nn(-c2c(Cl)cccc2Cl)nc1Nc1ccc(-c2nnc3ccnc(O)n23)nc1. The predicted octanol–water partition coefficient (Wildman–Crippen LogP) is 2.62. The molecule has 0 fully saturated rings. The third kappa shape index (κ3) is 3.66. The van der Waals surface area contributed by atoms with Gasteiger partial charge < -0.3 is 16.2 Å². The van der Waals surface area contributed by atoms with Gasteiger partial charge >= 0.3 is 6.01 Å². The number of hydrogen-bond acceptors (Lipinski definition) is 9. The van der Waals surface area contributed by atoms with Crippen LogP contribution in [0.25, 0.3) is 22.9 Å². The van der Waals surface area contributed by atoms with Gasteiger partial charge in [-0.25, -0.2) is 9.38 Å². The number of primary amides is 1. The van der Waals surface area contributed by atoms with Crippen molar-refractivity contribution in [3.8, 4) is 23.2 Å². The average molecular weight is 483 g/mol. The summed E-state index contributed by atoms with van der Waals surface area (Å²) in [4.78, 5) is 21.2. The van der Waals surface area contributed by atoms with E-state index in [0.29, 0.717) is 38.6 Å². The van der Waals surface area contributed by atoms with Crippen molar-refractivity contribution < 1.29 is 9.90 Å². The number of benzene rings is 1. The number of halogens is 2. The molecule has 0 aliphatic heterocycles. The number of nitrogens with two attached hydrogens (primary N) is 1. The van der Waals surface area contributed by atoms with Crippen LogP contribution in [0.5, 0.6) is 6.01 Å². The Morgan fingerprint density at radius 3 is 2.52 bits per heavy atom. The third-order valence-electron chi connectivity index (χ3n) is 4.54. The number of nitrogens with zero attached hydrogens (tertiary/aromatic N) is 8. The minimum atomic E-state index is -0.797. The first kappa shape index (κ1) is 20.6. The Balaban J connectivity index is 1.48. The number of rotatable bonds is 5. The Hall–Kier alpha value is -4.29. The van der Waals surface area contributed by atoms with E-state index in [1.54, 1.807) is 36.4 Å². The first-order chi connectivity index (χ1) is 15.9. The highest BCUT2D eigenvalue weighted by Gasteiger charge is 2.20. The summed E-state index contributed by atoms with van der Waals surface area (Å²) in [6.45, 7) is 0. The molecule has 1 aromatic carbocycles. The summed E-state index contributed by atoms with van der Waals surface area (Å²) in [6.07, 6.45) is 2.90. The zero-order chi connectivity index (χ0) is 23.1. The fraction of sp³-hybridized carbons (Fsp3) is 0. The number of hydrogen-bond donors (Lipinski definition) is 3. The standard InChI is InChI=1S/C19H12Cl2N10O2/c20-10-2-1-3-11(21)15(10)31-28-14(16(22)32)17(29-31)25-9-4-5-12(24-8-9)18-27-26-13-6-7-23-19(33)30(13)18/h1-8H,(H2,22,32)(H,23,33)(H,25,29). The number of aromatic hydroxyl groups is 1. The lowest BCUT2D eigenvalue weighted by atomic mass is 10.3. The van der Waals surface area contributed by atoms with Crippen LogP contribution in [0.1, 0.15) is 10.5 Å². The van der Waals surface area contributed by atoms with Gasteiger partial charge in [0, 0.05) is 12.3 Å². The van der Waals surface area contributed by atoms with Crippen LogP contribution in [-0.4, -0.2) is 50.6 Å². The highest BCUT2D eigenvalue weighted by atomic mass is 35.5. The summed E-state index contributed by atoms with van der Waals surface area (Å²) >= 11 is 12.4. The number of para-hydroxylation sites is 1. The van der Waals surface area contributed by atoms with Gasteiger partial charge in [0.15, 0.2) is 23.0 Å². The van der Waals surface area contributed by atoms with Crippen LogP contribution < -0.4 is 11.1 Å². The molecule has 0 unspecified atom stereocenters. The van der Waals surface area contributed by atoms with E-state index in [1.807, 2.05) is 0 Å². The number of nitrogens with one attached hydrogen (secondary N) is 1. The molecule has 0 aliphatic carbocycles. The summed E-state index contributed by atoms with van der Waals surface area (Å²) in [5.41, 5.74) is 6.98. The molecule has 0 saturated carbocycles. The summed E-state index contributed by atoms with van der Waals surface area (Å²) in [5, 5.41) is 30.0. The second kappa shape index (κ2) is 8.00. The van der Waals surface area contributed by atoms with E-state index in [2.05, 4.69) is 35.7 Å². The van der Waals surface area contributed by atoms with Crippen LogP contribution in [0.3, 0.4) is 0 Å². The normalized spacial score (nSPS) is 11.1. The van der Waals surface area contributed by atoms with Crippen molar-refractivity contribution in [2.45, 2.75) is 0 Å². The van der Waals surface area contributed by atoms with Crippen molar-refractivity contribution in [1.29, 1.82) is 0 Å². The molecule has 1 amide bonds. The number of fused-ring (bicyclic) bond motifs is 1. The monoisotopic (exact) mass is 482 g/mol. The van der Waals surface area contributed by atoms with E-state index in [-0.39, 0.29) is 17.5 Å². The number of pyridine rings is 1. The lowest BCUT2D eigenvalue weighted by Gasteiger charge is -2.06. The van der Waals surface area contributed by atoms with Gasteiger partial charge in [-0.05, 0) is 24.3 Å². The minimum absolute atomic E-state index is 0.0859. The Morgan fingerprint density at radius 1 is 1.03 bits per heavy atom. The van der Waals surface area contributed by atoms with Gasteiger partial charge in [0.05, 0.1) is 21.9 Å². The van der Waals surface area contributed by atoms with Gasteiger partial charge in [-0.15, -0.1) is 25.2 Å². The largest absolute Gasteiger partial charge is 0.480 e. The molecular weight excluding hydrogens is 471 g/mol. The Morgan fingerprint density at radius 2 is 1.82 bits per heavy atom. The van der Waals surface area contributed by atoms with Crippen molar-refractivity contribution >= 4 is 46.3 Å². The van der Waals surface area contributed by atoms with Crippen molar-refractivity contribution in [3.63, 3.8) is 0 Å². The maximum atomic E-state index is 11.9. The van der Waals surface area contributed by atoms with E-state index < -0.39 is 5.91 Å². The van der Waals surface area contributed by atoms with Crippen LogP contribution >= 0.6 is 23.2 Å². The molecule has 164 valence electrons. The Kier molecular flexibility index (Phi) is 4.99. The van der Waals surface area contributed by atoms with Gasteiger partial charge in [-0.2, -0.15) is 0 Å². The summed E-state index contributed by atoms with van der Waals surface area (Å²) in [7, 11) is 0. The number of carbonyl (C=O) groups is 1. The lowest BCUT2D eigenvalue weighted by molar-refractivity contribution is 0.0996. The molecule has 5 rings (SSSR count). The van der Waals surface area contributed by atoms with Crippen LogP contribution in [0.2, 0.25) is 10.0 Å². The molecule has 0 spiro atoms. The summed E-state index contributed by atoms with van der Waals surface area (Å²) in [5.74, 6) is -0.406. The van der Waals surface area contributed by atoms with Crippen molar-refractivity contribution in [1.82, 2.24) is 39.6 Å². The van der Waals surface area contributed by atoms with Crippen molar-refractivity contribution in [2.24, 2.45) is 5.73 Å². The molecule has 5 aromatic rings. The molecular formula is C19H12Cl2N10O2. The highest BCUT2D eigenvalue weighted by Crippen LogP contribution is 2.29. The van der Waals surface area contributed by atoms with Gasteiger partial charge in [0.2, 0.25) is 0 Å². The number of anilines is 2. The number of amides is 1. The molecule has 0 atom stereocenters. The van der Waals surface area contributed by atoms with Crippen molar-refractivity contribution in [2.75, 3.05) is 5.32 Å². The van der Waals surface area contributed by atoms with Gasteiger partial charge in [0.1, 0.15) is 11.4 Å². The molecule has 12 nitrogen and oxygen atoms in total. The molecule has 4 aromatic heterocycles. The molecule has 0 aliphatic rings. The second-order valence-corrected chi connectivity index (χ2v) is 7.45. The Bertz CT molecular complexity index is 1490.